The van der Waals surface area contributed by atoms with Crippen LogP contribution in [0.4, 0.5) is 0 Å². The zero-order valence-corrected chi connectivity index (χ0v) is 39.9. The first-order valence-electron chi connectivity index (χ1n) is 21.9. The van der Waals surface area contributed by atoms with Gasteiger partial charge in [-0.05, 0) is 141 Å². The summed E-state index contributed by atoms with van der Waals surface area (Å²) in [5, 5.41) is 12.1. The number of rotatable bonds is 15. The largest absolute Gasteiger partial charge is 0.463 e. The number of aliphatic hydroxyl groups excluding tert-OH is 1. The number of fused-ring (bicyclic) bond motifs is 1. The van der Waals surface area contributed by atoms with Gasteiger partial charge >= 0.3 is 5.97 Å². The van der Waals surface area contributed by atoms with Crippen LogP contribution in [0.3, 0.4) is 0 Å². The van der Waals surface area contributed by atoms with Crippen LogP contribution in [-0.4, -0.2) is 52.6 Å². The SMILES string of the molecule is C=C(C(=O)OCC)C(CCc1ccccc1)C(O)C[C@@H](C)[C@H]1CC[C@H]2C(=CC=C3C[C@@H](O[Si](C)(C)C(C)(C)C)C[C@H](O[Si](C)(C)C(C)(C)C)C3=C)CCC[C@]12C. The molecule has 8 atom stereocenters. The Kier molecular flexibility index (Phi) is 15.4. The zero-order chi connectivity index (χ0) is 41.9. The fourth-order valence-electron chi connectivity index (χ4n) is 9.63. The third-order valence-electron chi connectivity index (χ3n) is 15.1. The number of aliphatic hydroxyl groups is 1. The highest BCUT2D eigenvalue weighted by molar-refractivity contribution is 6.74. The highest BCUT2D eigenvalue weighted by atomic mass is 28.4. The molecular weight excluding hydrogens is 725 g/mol. The Hall–Kier alpha value is -2.04. The Morgan fingerprint density at radius 1 is 1.00 bits per heavy atom. The van der Waals surface area contributed by atoms with Crippen molar-refractivity contribution in [3.8, 4) is 0 Å². The highest BCUT2D eigenvalue weighted by Crippen LogP contribution is 2.60. The van der Waals surface area contributed by atoms with Crippen molar-refractivity contribution in [1.29, 1.82) is 0 Å². The summed E-state index contributed by atoms with van der Waals surface area (Å²) in [6.45, 7) is 39.2. The predicted molar refractivity (Wildman–Crippen MR) is 241 cm³/mol. The van der Waals surface area contributed by atoms with Crippen molar-refractivity contribution in [3.63, 3.8) is 0 Å². The average Bonchev–Trinajstić information content (AvgIpc) is 3.46. The summed E-state index contributed by atoms with van der Waals surface area (Å²) >= 11 is 0. The van der Waals surface area contributed by atoms with Crippen molar-refractivity contribution in [2.75, 3.05) is 6.61 Å². The molecule has 1 aromatic carbocycles. The van der Waals surface area contributed by atoms with Crippen molar-refractivity contribution < 1.29 is 23.5 Å². The number of hydrogen-bond acceptors (Lipinski definition) is 5. The van der Waals surface area contributed by atoms with Gasteiger partial charge in [-0.1, -0.05) is 117 Å². The minimum atomic E-state index is -2.04. The van der Waals surface area contributed by atoms with E-state index in [9.17, 15) is 9.90 Å². The molecular formula is C49H80O5Si2. The second-order valence-electron chi connectivity index (χ2n) is 21.0. The number of aryl methyl sites for hydroxylation is 1. The summed E-state index contributed by atoms with van der Waals surface area (Å²) in [7, 11) is -4.03. The Bertz CT molecular complexity index is 1580. The second-order valence-corrected chi connectivity index (χ2v) is 30.5. The lowest BCUT2D eigenvalue weighted by Crippen LogP contribution is -2.49. The summed E-state index contributed by atoms with van der Waals surface area (Å²) in [6.07, 6.45) is 14.0. The van der Waals surface area contributed by atoms with Gasteiger partial charge in [-0.15, -0.1) is 0 Å². The van der Waals surface area contributed by atoms with Gasteiger partial charge in [0.2, 0.25) is 0 Å². The topological polar surface area (TPSA) is 65.0 Å². The van der Waals surface area contributed by atoms with Crippen LogP contribution in [0.1, 0.15) is 126 Å². The van der Waals surface area contributed by atoms with Gasteiger partial charge < -0.3 is 18.7 Å². The fourth-order valence-corrected chi connectivity index (χ4v) is 12.3. The molecule has 2 unspecified atom stereocenters. The molecule has 3 saturated carbocycles. The number of ether oxygens (including phenoxy) is 1. The number of allylic oxidation sites excluding steroid dienone is 3. The van der Waals surface area contributed by atoms with Crippen LogP contribution in [-0.2, 0) is 24.8 Å². The van der Waals surface area contributed by atoms with Crippen LogP contribution >= 0.6 is 0 Å². The lowest BCUT2D eigenvalue weighted by Gasteiger charge is -2.46. The van der Waals surface area contributed by atoms with E-state index in [1.807, 2.05) is 25.1 Å². The van der Waals surface area contributed by atoms with Crippen LogP contribution in [0.5, 0.6) is 0 Å². The van der Waals surface area contributed by atoms with E-state index in [1.54, 1.807) is 5.57 Å². The minimum absolute atomic E-state index is 0.0275. The van der Waals surface area contributed by atoms with E-state index in [0.717, 1.165) is 37.7 Å². The van der Waals surface area contributed by atoms with Gasteiger partial charge in [-0.25, -0.2) is 4.79 Å². The fraction of sp³-hybridized carbons (Fsp3) is 0.694. The standard InChI is InChI=1S/C49H80O5Si2/c1-16-52-46(51)36(4)41(27-24-37-21-18-17-19-22-37)44(50)31-34(2)42-28-29-43-38(23-20-30-49(42,43)11)25-26-39-32-40(53-55(12,13)47(5,6)7)33-45(35(39)3)54-56(14,15)48(8,9)10/h17-19,21-22,25-26,34,40-45,50H,3-4,16,20,23-24,27-33H2,1-2,5-15H3/t34-,40-,41?,42-,43+,44?,45+,49-/m1/s1. The van der Waals surface area contributed by atoms with E-state index in [2.05, 4.69) is 112 Å². The van der Waals surface area contributed by atoms with E-state index in [1.165, 1.54) is 30.4 Å². The van der Waals surface area contributed by atoms with Crippen molar-refractivity contribution in [1.82, 2.24) is 0 Å². The normalized spacial score (nSPS) is 28.2. The maximum atomic E-state index is 12.9. The Balaban J connectivity index is 1.55. The number of hydrogen-bond donors (Lipinski definition) is 1. The molecule has 0 bridgehead atoms. The Labute approximate surface area is 345 Å². The third-order valence-corrected chi connectivity index (χ3v) is 24.1. The van der Waals surface area contributed by atoms with Crippen molar-refractivity contribution >= 4 is 22.6 Å². The summed E-state index contributed by atoms with van der Waals surface area (Å²) in [4.78, 5) is 12.9. The van der Waals surface area contributed by atoms with Crippen LogP contribution in [0, 0.1) is 29.1 Å². The lowest BCUT2D eigenvalue weighted by molar-refractivity contribution is -0.139. The monoisotopic (exact) mass is 805 g/mol. The van der Waals surface area contributed by atoms with E-state index in [-0.39, 0.29) is 33.6 Å². The first kappa shape index (κ1) is 46.7. The molecule has 1 N–H and O–H groups in total. The molecule has 0 amide bonds. The maximum absolute atomic E-state index is 12.9. The first-order chi connectivity index (χ1) is 25.9. The van der Waals surface area contributed by atoms with Crippen molar-refractivity contribution in [2.45, 2.75) is 181 Å². The average molecular weight is 805 g/mol. The molecule has 7 heteroatoms. The summed E-state index contributed by atoms with van der Waals surface area (Å²) < 4.78 is 19.6. The van der Waals surface area contributed by atoms with Crippen LogP contribution in [0.2, 0.25) is 36.3 Å². The molecule has 0 aliphatic heterocycles. The number of carbonyl (C=O) groups is 1. The van der Waals surface area contributed by atoms with Gasteiger partial charge in [-0.3, -0.25) is 0 Å². The molecule has 5 nitrogen and oxygen atoms in total. The highest BCUT2D eigenvalue weighted by Gasteiger charge is 2.51. The van der Waals surface area contributed by atoms with Gasteiger partial charge in [-0.2, -0.15) is 0 Å². The Morgan fingerprint density at radius 3 is 2.23 bits per heavy atom. The number of carbonyl (C=O) groups excluding carboxylic acids is 1. The van der Waals surface area contributed by atoms with Crippen LogP contribution in [0.25, 0.3) is 0 Å². The first-order valence-corrected chi connectivity index (χ1v) is 27.8. The van der Waals surface area contributed by atoms with Crippen molar-refractivity contribution in [3.05, 3.63) is 83.5 Å². The zero-order valence-electron chi connectivity index (χ0n) is 37.9. The molecule has 1 aromatic rings. The Morgan fingerprint density at radius 2 is 1.62 bits per heavy atom. The predicted octanol–water partition coefficient (Wildman–Crippen LogP) is 12.9. The summed E-state index contributed by atoms with van der Waals surface area (Å²) in [5.74, 6) is 0.604. The molecule has 56 heavy (non-hydrogen) atoms. The van der Waals surface area contributed by atoms with E-state index in [4.69, 9.17) is 20.2 Å². The molecule has 0 aromatic heterocycles. The molecule has 3 aliphatic carbocycles. The van der Waals surface area contributed by atoms with E-state index >= 15 is 0 Å². The second kappa shape index (κ2) is 18.5. The molecule has 3 aliphatic rings. The van der Waals surface area contributed by atoms with E-state index in [0.29, 0.717) is 42.8 Å². The molecule has 314 valence electrons. The van der Waals surface area contributed by atoms with Crippen LogP contribution < -0.4 is 0 Å². The minimum Gasteiger partial charge on any atom is -0.463 e. The quantitative estimate of drug-likeness (QED) is 0.109. The third kappa shape index (κ3) is 11.0. The van der Waals surface area contributed by atoms with Gasteiger partial charge in [0.15, 0.2) is 16.6 Å². The van der Waals surface area contributed by atoms with Gasteiger partial charge in [0.25, 0.3) is 0 Å². The molecule has 0 saturated heterocycles. The number of esters is 1. The van der Waals surface area contributed by atoms with Gasteiger partial charge in [0.05, 0.1) is 24.9 Å². The van der Waals surface area contributed by atoms with Gasteiger partial charge in [0, 0.05) is 17.9 Å². The summed E-state index contributed by atoms with van der Waals surface area (Å²) in [6, 6.07) is 10.3. The molecule has 4 rings (SSSR count). The van der Waals surface area contributed by atoms with Gasteiger partial charge in [0.1, 0.15) is 0 Å². The maximum Gasteiger partial charge on any atom is 0.333 e. The lowest BCUT2D eigenvalue weighted by atomic mass is 9.60. The molecule has 0 radical (unpaired) electrons. The van der Waals surface area contributed by atoms with Crippen LogP contribution in [0.15, 0.2) is 77.9 Å². The smallest absolute Gasteiger partial charge is 0.333 e. The van der Waals surface area contributed by atoms with E-state index < -0.39 is 28.7 Å². The van der Waals surface area contributed by atoms with Crippen molar-refractivity contribution in [2.24, 2.45) is 29.1 Å². The molecule has 0 heterocycles. The number of benzene rings is 1. The summed E-state index contributed by atoms with van der Waals surface area (Å²) in [5.41, 5.74) is 5.76. The molecule has 0 spiro atoms. The molecule has 3 fully saturated rings.